The zero-order chi connectivity index (χ0) is 11.6. The average Bonchev–Trinajstić information content (AvgIpc) is 2.29. The van der Waals surface area contributed by atoms with E-state index in [2.05, 4.69) is 27.3 Å². The van der Waals surface area contributed by atoms with Gasteiger partial charge in [0.2, 0.25) is 0 Å². The largest absolute Gasteiger partial charge is 0.0766 e. The van der Waals surface area contributed by atoms with Crippen molar-refractivity contribution in [1.29, 1.82) is 0 Å². The lowest BCUT2D eigenvalue weighted by atomic mass is 10.4. The molecule has 2 heteroatoms. The van der Waals surface area contributed by atoms with Crippen molar-refractivity contribution in [3.05, 3.63) is 0 Å². The SMILES string of the molecule is CCCC[Si](CCCC)(CCCC)[SiH2]C. The van der Waals surface area contributed by atoms with Crippen LogP contribution in [0.3, 0.4) is 0 Å². The predicted octanol–water partition coefficient (Wildman–Crippen LogP) is 4.55. The highest BCUT2D eigenvalue weighted by Crippen LogP contribution is 2.27. The first-order valence-electron chi connectivity index (χ1n) is 7.24. The molecule has 0 radical (unpaired) electrons. The van der Waals surface area contributed by atoms with Gasteiger partial charge in [0.25, 0.3) is 0 Å². The van der Waals surface area contributed by atoms with Crippen LogP contribution in [0, 0.1) is 0 Å². The van der Waals surface area contributed by atoms with Crippen LogP contribution in [0.1, 0.15) is 59.3 Å². The topological polar surface area (TPSA) is 0 Å². The van der Waals surface area contributed by atoms with E-state index in [1.165, 1.54) is 38.5 Å². The Kier molecular flexibility index (Phi) is 9.92. The van der Waals surface area contributed by atoms with E-state index < -0.39 is 7.59 Å². The predicted molar refractivity (Wildman–Crippen MR) is 79.3 cm³/mol. The van der Waals surface area contributed by atoms with E-state index in [9.17, 15) is 0 Å². The summed E-state index contributed by atoms with van der Waals surface area (Å²) < 4.78 is 0. The second kappa shape index (κ2) is 9.64. The number of hydrogen-bond acceptors (Lipinski definition) is 0. The summed E-state index contributed by atoms with van der Waals surface area (Å²) in [5.74, 6) is 0. The molecule has 0 aliphatic rings. The van der Waals surface area contributed by atoms with Gasteiger partial charge in [-0.2, -0.15) is 0 Å². The Labute approximate surface area is 101 Å². The van der Waals surface area contributed by atoms with Gasteiger partial charge in [0.05, 0.1) is 0 Å². The minimum absolute atomic E-state index is 0.299. The molecule has 0 saturated carbocycles. The van der Waals surface area contributed by atoms with Crippen LogP contribution < -0.4 is 0 Å². The minimum atomic E-state index is -0.694. The van der Waals surface area contributed by atoms with E-state index in [1.54, 1.807) is 18.1 Å². The molecule has 15 heavy (non-hydrogen) atoms. The molecule has 92 valence electrons. The summed E-state index contributed by atoms with van der Waals surface area (Å²) >= 11 is 0. The number of unbranched alkanes of at least 4 members (excludes halogenated alkanes) is 3. The lowest BCUT2D eigenvalue weighted by Gasteiger charge is -2.30. The molecular formula is C13H32Si2. The molecule has 0 bridgehead atoms. The second-order valence-electron chi connectivity index (χ2n) is 5.16. The molecule has 0 unspecified atom stereocenters. The summed E-state index contributed by atoms with van der Waals surface area (Å²) in [6.07, 6.45) is 8.84. The first-order valence-corrected chi connectivity index (χ1v) is 13.6. The van der Waals surface area contributed by atoms with Crippen LogP contribution >= 0.6 is 0 Å². The van der Waals surface area contributed by atoms with Gasteiger partial charge in [-0.05, 0) is 0 Å². The van der Waals surface area contributed by atoms with Crippen molar-refractivity contribution in [2.75, 3.05) is 0 Å². The molecule has 0 aromatic rings. The monoisotopic (exact) mass is 244 g/mol. The van der Waals surface area contributed by atoms with Crippen LogP contribution in [0.5, 0.6) is 0 Å². The van der Waals surface area contributed by atoms with Crippen molar-refractivity contribution in [3.8, 4) is 0 Å². The Bertz CT molecular complexity index is 113. The van der Waals surface area contributed by atoms with Gasteiger partial charge in [0.15, 0.2) is 0 Å². The van der Waals surface area contributed by atoms with Gasteiger partial charge in [-0.1, -0.05) is 84.0 Å². The average molecular weight is 245 g/mol. The fourth-order valence-corrected chi connectivity index (χ4v) is 13.1. The summed E-state index contributed by atoms with van der Waals surface area (Å²) in [6.45, 7) is 9.68. The molecule has 0 spiro atoms. The quantitative estimate of drug-likeness (QED) is 0.495. The molecule has 0 aromatic heterocycles. The van der Waals surface area contributed by atoms with Gasteiger partial charge in [-0.15, -0.1) is 0 Å². The van der Waals surface area contributed by atoms with Crippen molar-refractivity contribution < 1.29 is 0 Å². The molecule has 0 heterocycles. The molecule has 0 aromatic carbocycles. The lowest BCUT2D eigenvalue weighted by Crippen LogP contribution is -2.40. The maximum atomic E-state index is 2.60. The van der Waals surface area contributed by atoms with E-state index >= 15 is 0 Å². The Morgan fingerprint density at radius 3 is 1.27 bits per heavy atom. The van der Waals surface area contributed by atoms with Crippen LogP contribution in [-0.4, -0.2) is 16.6 Å². The highest BCUT2D eigenvalue weighted by molar-refractivity contribution is 7.24. The van der Waals surface area contributed by atoms with Crippen LogP contribution in [0.2, 0.25) is 24.7 Å². The molecule has 0 aliphatic carbocycles. The Balaban J connectivity index is 4.16. The molecule has 0 rings (SSSR count). The number of hydrogen-bond donors (Lipinski definition) is 0. The van der Waals surface area contributed by atoms with E-state index in [4.69, 9.17) is 0 Å². The fraction of sp³-hybridized carbons (Fsp3) is 1.00. The molecule has 0 atom stereocenters. The van der Waals surface area contributed by atoms with Crippen LogP contribution in [0.25, 0.3) is 0 Å². The maximum absolute atomic E-state index is 2.60. The lowest BCUT2D eigenvalue weighted by molar-refractivity contribution is 0.805. The summed E-state index contributed by atoms with van der Waals surface area (Å²) in [4.78, 5) is 0. The van der Waals surface area contributed by atoms with Gasteiger partial charge in [0, 0.05) is 16.6 Å². The molecule has 0 fully saturated rings. The third-order valence-corrected chi connectivity index (χ3v) is 17.4. The van der Waals surface area contributed by atoms with Gasteiger partial charge in [-0.3, -0.25) is 0 Å². The van der Waals surface area contributed by atoms with E-state index in [0.717, 1.165) is 0 Å². The Hall–Kier alpha value is 0.434. The zero-order valence-electron chi connectivity index (χ0n) is 11.6. The first-order chi connectivity index (χ1) is 7.24. The van der Waals surface area contributed by atoms with Gasteiger partial charge < -0.3 is 0 Å². The standard InChI is InChI=1S/C13H32Si2/c1-5-8-11-15(14-4,12-9-6-2)13-10-7-3/h5-14H2,1-4H3. The van der Waals surface area contributed by atoms with Crippen LogP contribution in [0.15, 0.2) is 0 Å². The smallest absolute Gasteiger partial charge is 0.0398 e. The second-order valence-corrected chi connectivity index (χ2v) is 17.0. The van der Waals surface area contributed by atoms with Crippen molar-refractivity contribution in [2.24, 2.45) is 0 Å². The third kappa shape index (κ3) is 6.57. The highest BCUT2D eigenvalue weighted by Gasteiger charge is 2.28. The molecule has 0 aliphatic heterocycles. The van der Waals surface area contributed by atoms with Gasteiger partial charge in [0.1, 0.15) is 0 Å². The van der Waals surface area contributed by atoms with Gasteiger partial charge >= 0.3 is 0 Å². The molecular weight excluding hydrogens is 212 g/mol. The third-order valence-electron chi connectivity index (χ3n) is 3.93. The van der Waals surface area contributed by atoms with Crippen molar-refractivity contribution in [1.82, 2.24) is 0 Å². The molecule has 0 saturated heterocycles. The van der Waals surface area contributed by atoms with Crippen molar-refractivity contribution in [2.45, 2.75) is 84.0 Å². The summed E-state index contributed by atoms with van der Waals surface area (Å²) in [5.41, 5.74) is 0. The van der Waals surface area contributed by atoms with Gasteiger partial charge in [-0.25, -0.2) is 0 Å². The summed E-state index contributed by atoms with van der Waals surface area (Å²) in [7, 11) is -0.394. The highest BCUT2D eigenvalue weighted by atomic mass is 29.2. The summed E-state index contributed by atoms with van der Waals surface area (Å²) in [6, 6.07) is 5.02. The Morgan fingerprint density at radius 2 is 1.07 bits per heavy atom. The fourth-order valence-electron chi connectivity index (χ4n) is 2.56. The van der Waals surface area contributed by atoms with Crippen LogP contribution in [-0.2, 0) is 0 Å². The number of rotatable bonds is 10. The zero-order valence-corrected chi connectivity index (χ0v) is 14.0. The van der Waals surface area contributed by atoms with E-state index in [0.29, 0.717) is 9.04 Å². The Morgan fingerprint density at radius 1 is 0.733 bits per heavy atom. The van der Waals surface area contributed by atoms with Crippen molar-refractivity contribution >= 4 is 16.6 Å². The maximum Gasteiger partial charge on any atom is 0.0398 e. The van der Waals surface area contributed by atoms with Crippen molar-refractivity contribution in [3.63, 3.8) is 0 Å². The normalized spacial score (nSPS) is 12.8. The minimum Gasteiger partial charge on any atom is -0.0766 e. The summed E-state index contributed by atoms with van der Waals surface area (Å²) in [5, 5.41) is 0. The van der Waals surface area contributed by atoms with E-state index in [-0.39, 0.29) is 0 Å². The molecule has 0 nitrogen and oxygen atoms in total. The first kappa shape index (κ1) is 15.4. The van der Waals surface area contributed by atoms with Crippen LogP contribution in [0.4, 0.5) is 0 Å². The van der Waals surface area contributed by atoms with E-state index in [1.807, 2.05) is 0 Å². The molecule has 0 amide bonds. The molecule has 0 N–H and O–H groups in total.